The van der Waals surface area contributed by atoms with Crippen molar-refractivity contribution >= 4 is 46.9 Å². The third kappa shape index (κ3) is 7.48. The topological polar surface area (TPSA) is 109 Å². The number of anilines is 2. The third-order valence-electron chi connectivity index (χ3n) is 4.30. The number of ether oxygens (including phenoxy) is 1. The van der Waals surface area contributed by atoms with E-state index in [1.807, 2.05) is 25.1 Å². The number of halogens is 1. The van der Waals surface area contributed by atoms with Gasteiger partial charge in [-0.3, -0.25) is 14.4 Å². The summed E-state index contributed by atoms with van der Waals surface area (Å²) in [5.74, 6) is -1.67. The predicted octanol–water partition coefficient (Wildman–Crippen LogP) is 3.75. The first kappa shape index (κ1) is 23.5. The molecule has 0 aliphatic carbocycles. The Labute approximate surface area is 195 Å². The van der Waals surface area contributed by atoms with Crippen LogP contribution >= 0.6 is 11.6 Å². The van der Waals surface area contributed by atoms with Crippen LogP contribution in [0.5, 0.6) is 5.75 Å². The minimum Gasteiger partial charge on any atom is -0.484 e. The number of aryl methyl sites for hydroxylation is 1. The van der Waals surface area contributed by atoms with Crippen LogP contribution < -0.4 is 20.8 Å². The number of nitrogens with zero attached hydrogens (tertiary/aromatic N) is 1. The molecule has 0 radical (unpaired) electrons. The van der Waals surface area contributed by atoms with E-state index in [0.717, 1.165) is 5.56 Å². The maximum Gasteiger partial charge on any atom is 0.329 e. The summed E-state index contributed by atoms with van der Waals surface area (Å²) in [5, 5.41) is 9.43. The van der Waals surface area contributed by atoms with E-state index in [-0.39, 0.29) is 12.5 Å². The molecule has 3 aromatic carbocycles. The first-order chi connectivity index (χ1) is 15.9. The Morgan fingerprint density at radius 3 is 2.45 bits per heavy atom. The van der Waals surface area contributed by atoms with Crippen LogP contribution in [0.2, 0.25) is 5.02 Å². The quantitative estimate of drug-likeness (QED) is 0.281. The first-order valence-electron chi connectivity index (χ1n) is 9.89. The van der Waals surface area contributed by atoms with Crippen molar-refractivity contribution in [1.29, 1.82) is 0 Å². The van der Waals surface area contributed by atoms with Crippen LogP contribution in [0.25, 0.3) is 0 Å². The van der Waals surface area contributed by atoms with Gasteiger partial charge in [-0.1, -0.05) is 48.0 Å². The zero-order valence-electron chi connectivity index (χ0n) is 17.7. The van der Waals surface area contributed by atoms with Crippen molar-refractivity contribution in [2.24, 2.45) is 5.10 Å². The zero-order valence-corrected chi connectivity index (χ0v) is 18.4. The van der Waals surface area contributed by atoms with E-state index >= 15 is 0 Å². The lowest BCUT2D eigenvalue weighted by Gasteiger charge is -2.08. The molecule has 0 saturated heterocycles. The SMILES string of the molecule is Cc1ccc(NC(=O)C(=O)N/N=C\c2cccc(OCC(=O)Nc3ccccc3)c2)cc1Cl. The summed E-state index contributed by atoms with van der Waals surface area (Å²) in [6.07, 6.45) is 1.35. The van der Waals surface area contributed by atoms with Gasteiger partial charge in [-0.25, -0.2) is 5.43 Å². The summed E-state index contributed by atoms with van der Waals surface area (Å²) in [6, 6.07) is 20.7. The van der Waals surface area contributed by atoms with Crippen molar-refractivity contribution in [3.8, 4) is 5.75 Å². The van der Waals surface area contributed by atoms with Gasteiger partial charge in [0.05, 0.1) is 6.21 Å². The Hall–Kier alpha value is -4.17. The lowest BCUT2D eigenvalue weighted by molar-refractivity contribution is -0.136. The van der Waals surface area contributed by atoms with Gasteiger partial charge < -0.3 is 15.4 Å². The van der Waals surface area contributed by atoms with Crippen LogP contribution in [0.15, 0.2) is 77.9 Å². The van der Waals surface area contributed by atoms with Crippen LogP contribution in [0.4, 0.5) is 11.4 Å². The molecule has 3 amide bonds. The van der Waals surface area contributed by atoms with E-state index in [4.69, 9.17) is 16.3 Å². The number of amides is 3. The molecule has 8 nitrogen and oxygen atoms in total. The average molecular weight is 465 g/mol. The van der Waals surface area contributed by atoms with E-state index in [1.165, 1.54) is 6.21 Å². The number of hydrazone groups is 1. The average Bonchev–Trinajstić information content (AvgIpc) is 2.81. The van der Waals surface area contributed by atoms with Crippen LogP contribution in [-0.2, 0) is 14.4 Å². The fourth-order valence-electron chi connectivity index (χ4n) is 2.63. The summed E-state index contributed by atoms with van der Waals surface area (Å²) in [4.78, 5) is 35.9. The molecule has 3 aromatic rings. The van der Waals surface area contributed by atoms with Gasteiger partial charge in [0, 0.05) is 16.4 Å². The molecule has 33 heavy (non-hydrogen) atoms. The number of carbonyl (C=O) groups is 3. The number of rotatable bonds is 7. The lowest BCUT2D eigenvalue weighted by Crippen LogP contribution is -2.32. The molecule has 0 saturated carbocycles. The molecular formula is C24H21ClN4O4. The van der Waals surface area contributed by atoms with Crippen LogP contribution in [0.3, 0.4) is 0 Å². The maximum absolute atomic E-state index is 12.0. The van der Waals surface area contributed by atoms with Gasteiger partial charge >= 0.3 is 11.8 Å². The Balaban J connectivity index is 1.48. The minimum absolute atomic E-state index is 0.171. The van der Waals surface area contributed by atoms with Crippen molar-refractivity contribution < 1.29 is 19.1 Å². The maximum atomic E-state index is 12.0. The van der Waals surface area contributed by atoms with E-state index in [1.54, 1.807) is 54.6 Å². The molecule has 0 heterocycles. The van der Waals surface area contributed by atoms with E-state index in [0.29, 0.717) is 27.7 Å². The Kier molecular flexibility index (Phi) is 8.15. The van der Waals surface area contributed by atoms with Crippen LogP contribution in [0, 0.1) is 6.92 Å². The van der Waals surface area contributed by atoms with Crippen molar-refractivity contribution in [2.75, 3.05) is 17.2 Å². The van der Waals surface area contributed by atoms with Gasteiger partial charge in [0.15, 0.2) is 6.61 Å². The number of para-hydroxylation sites is 1. The summed E-state index contributed by atoms with van der Waals surface area (Å²) >= 11 is 6.01. The van der Waals surface area contributed by atoms with Gasteiger partial charge in [-0.15, -0.1) is 0 Å². The number of carbonyl (C=O) groups excluding carboxylic acids is 3. The number of hydrogen-bond donors (Lipinski definition) is 3. The van der Waals surface area contributed by atoms with Crippen molar-refractivity contribution in [3.05, 3.63) is 88.9 Å². The fraction of sp³-hybridized carbons (Fsp3) is 0.0833. The predicted molar refractivity (Wildman–Crippen MR) is 128 cm³/mol. The van der Waals surface area contributed by atoms with Gasteiger partial charge in [-0.2, -0.15) is 5.10 Å². The molecular weight excluding hydrogens is 444 g/mol. The van der Waals surface area contributed by atoms with Gasteiger partial charge in [0.1, 0.15) is 5.75 Å². The number of benzene rings is 3. The molecule has 3 N–H and O–H groups in total. The highest BCUT2D eigenvalue weighted by Crippen LogP contribution is 2.19. The van der Waals surface area contributed by atoms with Crippen molar-refractivity contribution in [1.82, 2.24) is 5.43 Å². The molecule has 0 aromatic heterocycles. The molecule has 0 unspecified atom stereocenters. The second kappa shape index (κ2) is 11.4. The molecule has 3 rings (SSSR count). The van der Waals surface area contributed by atoms with Crippen LogP contribution in [0.1, 0.15) is 11.1 Å². The monoisotopic (exact) mass is 464 g/mol. The molecule has 168 valence electrons. The lowest BCUT2D eigenvalue weighted by atomic mass is 10.2. The molecule has 0 aliphatic heterocycles. The molecule has 0 aliphatic rings. The normalized spacial score (nSPS) is 10.5. The van der Waals surface area contributed by atoms with Crippen molar-refractivity contribution in [3.63, 3.8) is 0 Å². The second-order valence-electron chi connectivity index (χ2n) is 6.89. The fourth-order valence-corrected chi connectivity index (χ4v) is 2.81. The Morgan fingerprint density at radius 2 is 1.70 bits per heavy atom. The molecule has 0 fully saturated rings. The number of hydrogen-bond acceptors (Lipinski definition) is 5. The largest absolute Gasteiger partial charge is 0.484 e. The summed E-state index contributed by atoms with van der Waals surface area (Å²) in [6.45, 7) is 1.66. The molecule has 0 spiro atoms. The minimum atomic E-state index is -0.937. The summed E-state index contributed by atoms with van der Waals surface area (Å²) in [5.41, 5.74) is 4.68. The third-order valence-corrected chi connectivity index (χ3v) is 4.71. The van der Waals surface area contributed by atoms with E-state index < -0.39 is 11.8 Å². The Morgan fingerprint density at radius 1 is 0.909 bits per heavy atom. The van der Waals surface area contributed by atoms with Gasteiger partial charge in [-0.05, 0) is 54.4 Å². The van der Waals surface area contributed by atoms with E-state index in [9.17, 15) is 14.4 Å². The number of nitrogens with one attached hydrogen (secondary N) is 3. The highest BCUT2D eigenvalue weighted by atomic mass is 35.5. The first-order valence-corrected chi connectivity index (χ1v) is 10.3. The van der Waals surface area contributed by atoms with Gasteiger partial charge in [0.25, 0.3) is 5.91 Å². The van der Waals surface area contributed by atoms with Crippen LogP contribution in [-0.4, -0.2) is 30.5 Å². The molecule has 0 atom stereocenters. The van der Waals surface area contributed by atoms with E-state index in [2.05, 4.69) is 21.2 Å². The smallest absolute Gasteiger partial charge is 0.329 e. The highest BCUT2D eigenvalue weighted by Gasteiger charge is 2.13. The standard InChI is InChI=1S/C24H21ClN4O4/c1-16-10-11-19(13-21(16)25)28-23(31)24(32)29-26-14-17-6-5-9-20(12-17)33-15-22(30)27-18-7-3-2-4-8-18/h2-14H,15H2,1H3,(H,27,30)(H,28,31)(H,29,32)/b26-14-. The molecule has 0 bridgehead atoms. The highest BCUT2D eigenvalue weighted by molar-refractivity contribution is 6.39. The zero-order chi connectivity index (χ0) is 23.6. The summed E-state index contributed by atoms with van der Waals surface area (Å²) in [7, 11) is 0. The molecule has 9 heteroatoms. The van der Waals surface area contributed by atoms with Crippen molar-refractivity contribution in [2.45, 2.75) is 6.92 Å². The Bertz CT molecular complexity index is 1180. The summed E-state index contributed by atoms with van der Waals surface area (Å²) < 4.78 is 5.49. The van der Waals surface area contributed by atoms with Gasteiger partial charge in [0.2, 0.25) is 0 Å². The second-order valence-corrected chi connectivity index (χ2v) is 7.30.